The zero-order valence-electron chi connectivity index (χ0n) is 20.0. The maximum absolute atomic E-state index is 13.4. The molecule has 0 aliphatic carbocycles. The zero-order valence-corrected chi connectivity index (χ0v) is 20.0. The molecule has 0 spiro atoms. The van der Waals surface area contributed by atoms with Crippen LogP contribution in [0.1, 0.15) is 28.6 Å². The number of urea groups is 1. The van der Waals surface area contributed by atoms with Gasteiger partial charge in [0.15, 0.2) is 0 Å². The number of hydrogen-bond donors (Lipinski definition) is 3. The number of imide groups is 1. The van der Waals surface area contributed by atoms with Crippen LogP contribution in [0.15, 0.2) is 89.5 Å². The van der Waals surface area contributed by atoms with E-state index in [1.165, 1.54) is 6.26 Å². The summed E-state index contributed by atoms with van der Waals surface area (Å²) in [7, 11) is 0. The number of nitrogens with zero attached hydrogens (tertiary/aromatic N) is 1. The number of anilines is 1. The standard InChI is InChI=1S/C28H24N4O5/c1-28(22-13-6-9-18-8-2-3-11-20(18)22)26(35)32(27(36)31-28)17-24(33)30-23-14-5-4-12-21(23)25(34)29-16-19-10-7-15-37-19/h2-15H,16-17H2,1H3,(H,29,34)(H,30,33)(H,31,36). The van der Waals surface area contributed by atoms with Crippen molar-refractivity contribution in [1.82, 2.24) is 15.5 Å². The van der Waals surface area contributed by atoms with Gasteiger partial charge in [-0.25, -0.2) is 4.79 Å². The number of carbonyl (C=O) groups is 4. The minimum Gasteiger partial charge on any atom is -0.467 e. The van der Waals surface area contributed by atoms with E-state index in [1.54, 1.807) is 49.4 Å². The molecule has 1 aliphatic rings. The highest BCUT2D eigenvalue weighted by Gasteiger charge is 2.50. The molecule has 5 rings (SSSR count). The van der Waals surface area contributed by atoms with Crippen molar-refractivity contribution in [3.05, 3.63) is 102 Å². The number of fused-ring (bicyclic) bond motifs is 1. The molecule has 1 aliphatic heterocycles. The molecule has 2 heterocycles. The first-order chi connectivity index (χ1) is 17.9. The van der Waals surface area contributed by atoms with Crippen LogP contribution in [0.4, 0.5) is 10.5 Å². The summed E-state index contributed by atoms with van der Waals surface area (Å²) in [6, 6.07) is 22.4. The predicted molar refractivity (Wildman–Crippen MR) is 136 cm³/mol. The van der Waals surface area contributed by atoms with Gasteiger partial charge in [0.1, 0.15) is 17.8 Å². The molecule has 4 aromatic rings. The number of nitrogens with one attached hydrogen (secondary N) is 3. The Bertz CT molecular complexity index is 1510. The first-order valence-electron chi connectivity index (χ1n) is 11.7. The van der Waals surface area contributed by atoms with Crippen molar-refractivity contribution >= 4 is 40.2 Å². The molecule has 1 aromatic heterocycles. The van der Waals surface area contributed by atoms with Gasteiger partial charge in [0.2, 0.25) is 5.91 Å². The maximum Gasteiger partial charge on any atom is 0.325 e. The number of furan rings is 1. The van der Waals surface area contributed by atoms with E-state index in [0.29, 0.717) is 11.3 Å². The average Bonchev–Trinajstić information content (AvgIpc) is 3.50. The molecule has 0 bridgehead atoms. The first-order valence-corrected chi connectivity index (χ1v) is 11.7. The lowest BCUT2D eigenvalue weighted by Gasteiger charge is -2.24. The summed E-state index contributed by atoms with van der Waals surface area (Å²) in [6.45, 7) is 1.31. The summed E-state index contributed by atoms with van der Waals surface area (Å²) < 4.78 is 5.22. The summed E-state index contributed by atoms with van der Waals surface area (Å²) in [6.07, 6.45) is 1.51. The third-order valence-electron chi connectivity index (χ3n) is 6.35. The SMILES string of the molecule is CC1(c2cccc3ccccc23)NC(=O)N(CC(=O)Nc2ccccc2C(=O)NCc2ccco2)C1=O. The fourth-order valence-electron chi connectivity index (χ4n) is 4.48. The van der Waals surface area contributed by atoms with Gasteiger partial charge in [-0.05, 0) is 47.5 Å². The Morgan fingerprint density at radius 3 is 2.51 bits per heavy atom. The van der Waals surface area contributed by atoms with Crippen LogP contribution >= 0.6 is 0 Å². The highest BCUT2D eigenvalue weighted by molar-refractivity contribution is 6.12. The van der Waals surface area contributed by atoms with E-state index < -0.39 is 35.8 Å². The molecule has 9 heteroatoms. The van der Waals surface area contributed by atoms with Crippen molar-refractivity contribution in [2.75, 3.05) is 11.9 Å². The maximum atomic E-state index is 13.4. The highest BCUT2D eigenvalue weighted by atomic mass is 16.3. The van der Waals surface area contributed by atoms with Gasteiger partial charge in [-0.2, -0.15) is 0 Å². The second kappa shape index (κ2) is 9.62. The monoisotopic (exact) mass is 496 g/mol. The normalized spacial score (nSPS) is 17.1. The number of hydrogen-bond acceptors (Lipinski definition) is 5. The minimum absolute atomic E-state index is 0.184. The van der Waals surface area contributed by atoms with Crippen molar-refractivity contribution in [1.29, 1.82) is 0 Å². The Labute approximate surface area is 212 Å². The topological polar surface area (TPSA) is 121 Å². The number of amides is 5. The second-order valence-corrected chi connectivity index (χ2v) is 8.83. The lowest BCUT2D eigenvalue weighted by molar-refractivity contribution is -0.133. The molecule has 3 aromatic carbocycles. The Morgan fingerprint density at radius 1 is 0.946 bits per heavy atom. The third kappa shape index (κ3) is 4.54. The first kappa shape index (κ1) is 23.8. The number of carbonyl (C=O) groups excluding carboxylic acids is 4. The van der Waals surface area contributed by atoms with Crippen molar-refractivity contribution in [2.24, 2.45) is 0 Å². The van der Waals surface area contributed by atoms with Gasteiger partial charge in [-0.1, -0.05) is 54.6 Å². The number of rotatable bonds is 7. The molecule has 0 saturated carbocycles. The average molecular weight is 497 g/mol. The Kier molecular flexibility index (Phi) is 6.19. The molecule has 1 fully saturated rings. The van der Waals surface area contributed by atoms with Crippen LogP contribution in [-0.4, -0.2) is 35.2 Å². The molecule has 1 unspecified atom stereocenters. The van der Waals surface area contributed by atoms with E-state index in [0.717, 1.165) is 15.7 Å². The molecule has 186 valence electrons. The van der Waals surface area contributed by atoms with E-state index in [-0.39, 0.29) is 17.8 Å². The molecule has 1 atom stereocenters. The summed E-state index contributed by atoms with van der Waals surface area (Å²) in [5.41, 5.74) is -0.194. The van der Waals surface area contributed by atoms with Crippen LogP contribution in [0.5, 0.6) is 0 Å². The van der Waals surface area contributed by atoms with Crippen LogP contribution in [0.25, 0.3) is 10.8 Å². The van der Waals surface area contributed by atoms with Gasteiger partial charge in [-0.15, -0.1) is 0 Å². The van der Waals surface area contributed by atoms with Crippen LogP contribution in [-0.2, 0) is 21.7 Å². The fraction of sp³-hybridized carbons (Fsp3) is 0.143. The van der Waals surface area contributed by atoms with Crippen LogP contribution < -0.4 is 16.0 Å². The summed E-state index contributed by atoms with van der Waals surface area (Å²) in [5.74, 6) is -0.973. The van der Waals surface area contributed by atoms with Gasteiger partial charge in [0.25, 0.3) is 11.8 Å². The van der Waals surface area contributed by atoms with E-state index in [4.69, 9.17) is 4.42 Å². The minimum atomic E-state index is -1.33. The Balaban J connectivity index is 1.31. The van der Waals surface area contributed by atoms with E-state index in [9.17, 15) is 19.2 Å². The Morgan fingerprint density at radius 2 is 1.70 bits per heavy atom. The van der Waals surface area contributed by atoms with E-state index >= 15 is 0 Å². The summed E-state index contributed by atoms with van der Waals surface area (Å²) >= 11 is 0. The second-order valence-electron chi connectivity index (χ2n) is 8.83. The zero-order chi connectivity index (χ0) is 26.0. The lowest BCUT2D eigenvalue weighted by atomic mass is 9.88. The molecule has 5 amide bonds. The molecule has 3 N–H and O–H groups in total. The molecular weight excluding hydrogens is 472 g/mol. The number of benzene rings is 3. The van der Waals surface area contributed by atoms with Gasteiger partial charge in [0, 0.05) is 0 Å². The molecular formula is C28H24N4O5. The third-order valence-corrected chi connectivity index (χ3v) is 6.35. The van der Waals surface area contributed by atoms with E-state index in [2.05, 4.69) is 16.0 Å². The molecule has 9 nitrogen and oxygen atoms in total. The van der Waals surface area contributed by atoms with Crippen molar-refractivity contribution in [3.8, 4) is 0 Å². The molecule has 1 saturated heterocycles. The van der Waals surface area contributed by atoms with Crippen molar-refractivity contribution < 1.29 is 23.6 Å². The predicted octanol–water partition coefficient (Wildman–Crippen LogP) is 3.77. The van der Waals surface area contributed by atoms with Gasteiger partial charge >= 0.3 is 6.03 Å². The molecule has 0 radical (unpaired) electrons. The molecule has 37 heavy (non-hydrogen) atoms. The smallest absolute Gasteiger partial charge is 0.325 e. The van der Waals surface area contributed by atoms with Gasteiger partial charge < -0.3 is 20.4 Å². The summed E-state index contributed by atoms with van der Waals surface area (Å²) in [4.78, 5) is 52.7. The number of para-hydroxylation sites is 1. The fourth-order valence-corrected chi connectivity index (χ4v) is 4.48. The van der Waals surface area contributed by atoms with Gasteiger partial charge in [0.05, 0.1) is 24.1 Å². The van der Waals surface area contributed by atoms with Crippen molar-refractivity contribution in [3.63, 3.8) is 0 Å². The van der Waals surface area contributed by atoms with Crippen LogP contribution in [0, 0.1) is 0 Å². The quantitative estimate of drug-likeness (QED) is 0.337. The lowest BCUT2D eigenvalue weighted by Crippen LogP contribution is -2.42. The van der Waals surface area contributed by atoms with E-state index in [1.807, 2.05) is 36.4 Å². The Hall–Kier alpha value is -4.92. The van der Waals surface area contributed by atoms with Gasteiger partial charge in [-0.3, -0.25) is 19.3 Å². The van der Waals surface area contributed by atoms with Crippen LogP contribution in [0.2, 0.25) is 0 Å². The summed E-state index contributed by atoms with van der Waals surface area (Å²) in [5, 5.41) is 9.90. The van der Waals surface area contributed by atoms with Crippen molar-refractivity contribution in [2.45, 2.75) is 19.0 Å². The largest absolute Gasteiger partial charge is 0.467 e. The highest BCUT2D eigenvalue weighted by Crippen LogP contribution is 2.33. The van der Waals surface area contributed by atoms with Crippen LogP contribution in [0.3, 0.4) is 0 Å².